The second-order valence-electron chi connectivity index (χ2n) is 5.73. The Kier molecular flexibility index (Phi) is 2.54. The molecule has 1 heterocycles. The van der Waals surface area contributed by atoms with Crippen LogP contribution in [0.25, 0.3) is 21.8 Å². The van der Waals surface area contributed by atoms with Gasteiger partial charge in [0.05, 0.1) is 5.54 Å². The van der Waals surface area contributed by atoms with Gasteiger partial charge in [-0.1, -0.05) is 24.3 Å². The summed E-state index contributed by atoms with van der Waals surface area (Å²) in [5.41, 5.74) is 3.34. The number of aromatic nitrogens is 1. The minimum atomic E-state index is -0.300. The van der Waals surface area contributed by atoms with Crippen LogP contribution in [-0.2, 0) is 16.9 Å². The lowest BCUT2D eigenvalue weighted by Gasteiger charge is -2.09. The number of nitrogens with zero attached hydrogens (tertiary/aromatic N) is 2. The molecule has 1 fully saturated rings. The molecule has 0 N–H and O–H groups in total. The van der Waals surface area contributed by atoms with Crippen LogP contribution in [0, 0.1) is 0 Å². The summed E-state index contributed by atoms with van der Waals surface area (Å²) >= 11 is 0. The summed E-state index contributed by atoms with van der Waals surface area (Å²) in [4.78, 5) is 14.7. The molecule has 0 saturated heterocycles. The smallest absolute Gasteiger partial charge is 0.235 e. The highest BCUT2D eigenvalue weighted by atomic mass is 16.1. The first-order chi connectivity index (χ1) is 10.3. The highest BCUT2D eigenvalue weighted by molar-refractivity contribution is 6.08. The Bertz CT molecular complexity index is 896. The fourth-order valence-corrected chi connectivity index (χ4v) is 3.35. The Morgan fingerprint density at radius 2 is 1.90 bits per heavy atom. The number of hydrogen-bond acceptors (Lipinski definition) is 2. The molecule has 4 rings (SSSR count). The molecule has 3 aromatic rings. The van der Waals surface area contributed by atoms with Gasteiger partial charge in [-0.15, -0.1) is 0 Å². The molecule has 1 aromatic heterocycles. The van der Waals surface area contributed by atoms with Gasteiger partial charge in [-0.05, 0) is 43.5 Å². The number of aryl methyl sites for hydroxylation is 1. The largest absolute Gasteiger partial charge is 0.341 e. The minimum Gasteiger partial charge on any atom is -0.341 e. The number of aliphatic imine (C=N–C) groups is 1. The predicted molar refractivity (Wildman–Crippen MR) is 84.2 cm³/mol. The van der Waals surface area contributed by atoms with E-state index in [9.17, 15) is 4.79 Å². The molecule has 21 heavy (non-hydrogen) atoms. The normalized spacial score (nSPS) is 16.0. The van der Waals surface area contributed by atoms with Crippen LogP contribution >= 0.6 is 0 Å². The minimum absolute atomic E-state index is 0.300. The van der Waals surface area contributed by atoms with Crippen molar-refractivity contribution in [2.24, 2.45) is 4.99 Å². The maximum atomic E-state index is 10.7. The van der Waals surface area contributed by atoms with Crippen LogP contribution in [0.3, 0.4) is 0 Å². The van der Waals surface area contributed by atoms with Crippen LogP contribution in [0.1, 0.15) is 25.3 Å². The van der Waals surface area contributed by atoms with E-state index in [1.165, 1.54) is 21.8 Å². The van der Waals surface area contributed by atoms with Crippen LogP contribution < -0.4 is 0 Å². The Morgan fingerprint density at radius 3 is 2.62 bits per heavy atom. The molecule has 0 unspecified atom stereocenters. The average molecular weight is 276 g/mol. The lowest BCUT2D eigenvalue weighted by Crippen LogP contribution is -2.02. The topological polar surface area (TPSA) is 34.4 Å². The lowest BCUT2D eigenvalue weighted by atomic mass is 10.0. The van der Waals surface area contributed by atoms with E-state index in [-0.39, 0.29) is 5.54 Å². The molecular formula is C18H16N2O. The number of rotatable bonds is 3. The van der Waals surface area contributed by atoms with E-state index in [0.717, 1.165) is 24.9 Å². The Hall–Kier alpha value is -2.38. The van der Waals surface area contributed by atoms with Crippen molar-refractivity contribution in [1.29, 1.82) is 0 Å². The molecule has 1 saturated carbocycles. The van der Waals surface area contributed by atoms with Crippen molar-refractivity contribution in [2.75, 3.05) is 0 Å². The molecule has 0 aliphatic heterocycles. The number of hydrogen-bond donors (Lipinski definition) is 0. The highest BCUT2D eigenvalue weighted by Gasteiger charge is 2.44. The molecule has 104 valence electrons. The summed E-state index contributed by atoms with van der Waals surface area (Å²) in [7, 11) is 0. The summed E-state index contributed by atoms with van der Waals surface area (Å²) in [6.07, 6.45) is 3.63. The fraction of sp³-hybridized carbons (Fsp3) is 0.278. The molecule has 0 bridgehead atoms. The Labute approximate surface area is 122 Å². The van der Waals surface area contributed by atoms with Gasteiger partial charge in [0.15, 0.2) is 0 Å². The summed E-state index contributed by atoms with van der Waals surface area (Å²) in [6, 6.07) is 15.0. The van der Waals surface area contributed by atoms with Gasteiger partial charge in [-0.3, -0.25) is 0 Å². The predicted octanol–water partition coefficient (Wildman–Crippen LogP) is 4.14. The maximum absolute atomic E-state index is 10.7. The van der Waals surface area contributed by atoms with Crippen LogP contribution in [-0.4, -0.2) is 10.6 Å². The third kappa shape index (κ3) is 1.68. The molecule has 0 atom stereocenters. The van der Waals surface area contributed by atoms with E-state index in [0.29, 0.717) is 0 Å². The van der Waals surface area contributed by atoms with Gasteiger partial charge < -0.3 is 4.57 Å². The van der Waals surface area contributed by atoms with Crippen LogP contribution in [0.2, 0.25) is 0 Å². The molecule has 0 amide bonds. The average Bonchev–Trinajstić information content (AvgIpc) is 3.23. The van der Waals surface area contributed by atoms with E-state index in [1.54, 1.807) is 6.08 Å². The van der Waals surface area contributed by atoms with E-state index in [4.69, 9.17) is 0 Å². The molecular weight excluding hydrogens is 260 g/mol. The van der Waals surface area contributed by atoms with Crippen LogP contribution in [0.15, 0.2) is 47.5 Å². The first-order valence-electron chi connectivity index (χ1n) is 7.39. The van der Waals surface area contributed by atoms with Gasteiger partial charge in [-0.2, -0.15) is 4.99 Å². The monoisotopic (exact) mass is 276 g/mol. The van der Waals surface area contributed by atoms with Crippen molar-refractivity contribution in [3.63, 3.8) is 0 Å². The quantitative estimate of drug-likeness (QED) is 0.523. The van der Waals surface area contributed by atoms with Gasteiger partial charge in [0.2, 0.25) is 6.08 Å². The van der Waals surface area contributed by atoms with Crippen molar-refractivity contribution >= 4 is 27.9 Å². The zero-order chi connectivity index (χ0) is 14.4. The summed E-state index contributed by atoms with van der Waals surface area (Å²) < 4.78 is 2.33. The zero-order valence-corrected chi connectivity index (χ0v) is 12.0. The number of isocyanates is 1. The number of carbonyl (C=O) groups excluding carboxylic acids is 1. The van der Waals surface area contributed by atoms with Gasteiger partial charge in [-0.25, -0.2) is 4.79 Å². The first kappa shape index (κ1) is 12.4. The van der Waals surface area contributed by atoms with Crippen molar-refractivity contribution in [2.45, 2.75) is 31.8 Å². The van der Waals surface area contributed by atoms with E-state index >= 15 is 0 Å². The summed E-state index contributed by atoms with van der Waals surface area (Å²) in [5, 5.41) is 2.51. The number of para-hydroxylation sites is 1. The Balaban J connectivity index is 2.04. The van der Waals surface area contributed by atoms with Crippen molar-refractivity contribution in [3.8, 4) is 0 Å². The van der Waals surface area contributed by atoms with Gasteiger partial charge in [0, 0.05) is 28.4 Å². The molecule has 0 spiro atoms. The standard InChI is InChI=1S/C18H16N2O/c1-2-20-16-6-4-3-5-14(16)15-11-13(7-8-17(15)20)18(9-10-18)19-12-21/h3-8,11H,2,9-10H2,1H3. The van der Waals surface area contributed by atoms with E-state index in [1.807, 2.05) is 0 Å². The highest BCUT2D eigenvalue weighted by Crippen LogP contribution is 2.50. The van der Waals surface area contributed by atoms with Crippen molar-refractivity contribution in [3.05, 3.63) is 48.0 Å². The molecule has 1 aliphatic rings. The second-order valence-corrected chi connectivity index (χ2v) is 5.73. The third-order valence-electron chi connectivity index (χ3n) is 4.61. The van der Waals surface area contributed by atoms with Crippen molar-refractivity contribution in [1.82, 2.24) is 4.57 Å². The van der Waals surface area contributed by atoms with Gasteiger partial charge in [0.1, 0.15) is 0 Å². The second kappa shape index (κ2) is 4.31. The molecule has 2 aromatic carbocycles. The summed E-state index contributed by atoms with van der Waals surface area (Å²) in [6.45, 7) is 3.11. The number of fused-ring (bicyclic) bond motifs is 3. The SMILES string of the molecule is CCn1c2ccccc2c2cc(C3(N=C=O)CC3)ccc21. The van der Waals surface area contributed by atoms with E-state index < -0.39 is 0 Å². The summed E-state index contributed by atoms with van der Waals surface area (Å²) in [5.74, 6) is 0. The fourth-order valence-electron chi connectivity index (χ4n) is 3.35. The van der Waals surface area contributed by atoms with Gasteiger partial charge >= 0.3 is 0 Å². The van der Waals surface area contributed by atoms with Gasteiger partial charge in [0.25, 0.3) is 0 Å². The molecule has 3 heteroatoms. The molecule has 0 radical (unpaired) electrons. The molecule has 3 nitrogen and oxygen atoms in total. The maximum Gasteiger partial charge on any atom is 0.235 e. The first-order valence-corrected chi connectivity index (χ1v) is 7.39. The Morgan fingerprint density at radius 1 is 1.14 bits per heavy atom. The lowest BCUT2D eigenvalue weighted by molar-refractivity contribution is 0.556. The zero-order valence-electron chi connectivity index (χ0n) is 12.0. The third-order valence-corrected chi connectivity index (χ3v) is 4.61. The number of benzene rings is 2. The van der Waals surface area contributed by atoms with Crippen molar-refractivity contribution < 1.29 is 4.79 Å². The van der Waals surface area contributed by atoms with E-state index in [2.05, 4.69) is 58.9 Å². The van der Waals surface area contributed by atoms with Crippen LogP contribution in [0.4, 0.5) is 0 Å². The van der Waals surface area contributed by atoms with Crippen LogP contribution in [0.5, 0.6) is 0 Å². The molecule has 1 aliphatic carbocycles.